The number of nitrogens with one attached hydrogen (secondary N) is 1. The SMILES string of the molecule is Cc1cc2nc(C(F)(F)F)c(=O)n([C@@H](C)C(=O)NCCCN(C)Cc3ccccc3)c2cc1C. The van der Waals surface area contributed by atoms with Crippen LogP contribution in [0.3, 0.4) is 0 Å². The molecule has 0 aliphatic rings. The van der Waals surface area contributed by atoms with Gasteiger partial charge in [-0.1, -0.05) is 30.3 Å². The van der Waals surface area contributed by atoms with Crippen LogP contribution >= 0.6 is 0 Å². The maximum absolute atomic E-state index is 13.5. The lowest BCUT2D eigenvalue weighted by Gasteiger charge is -2.21. The Morgan fingerprint density at radius 1 is 1.15 bits per heavy atom. The molecule has 3 rings (SSSR count). The number of halogens is 3. The first-order chi connectivity index (χ1) is 16.0. The van der Waals surface area contributed by atoms with Crippen LogP contribution in [0.15, 0.2) is 47.3 Å². The Morgan fingerprint density at radius 3 is 2.44 bits per heavy atom. The first-order valence-corrected chi connectivity index (χ1v) is 11.1. The maximum atomic E-state index is 13.5. The van der Waals surface area contributed by atoms with Gasteiger partial charge in [-0.25, -0.2) is 4.98 Å². The van der Waals surface area contributed by atoms with Gasteiger partial charge in [-0.15, -0.1) is 0 Å². The van der Waals surface area contributed by atoms with Gasteiger partial charge in [0, 0.05) is 13.1 Å². The van der Waals surface area contributed by atoms with E-state index < -0.39 is 29.4 Å². The number of fused-ring (bicyclic) bond motifs is 1. The summed E-state index contributed by atoms with van der Waals surface area (Å²) in [6.45, 7) is 6.79. The average molecular weight is 475 g/mol. The number of amides is 1. The molecule has 1 atom stereocenters. The fraction of sp³-hybridized carbons (Fsp3) is 0.400. The van der Waals surface area contributed by atoms with E-state index in [2.05, 4.69) is 15.2 Å². The highest BCUT2D eigenvalue weighted by molar-refractivity contribution is 5.84. The maximum Gasteiger partial charge on any atom is 0.438 e. The van der Waals surface area contributed by atoms with Crippen molar-refractivity contribution < 1.29 is 18.0 Å². The molecule has 0 spiro atoms. The second kappa shape index (κ2) is 10.4. The molecule has 0 bridgehead atoms. The van der Waals surface area contributed by atoms with Crippen LogP contribution < -0.4 is 10.9 Å². The van der Waals surface area contributed by atoms with E-state index in [1.807, 2.05) is 37.4 Å². The molecule has 182 valence electrons. The summed E-state index contributed by atoms with van der Waals surface area (Å²) in [7, 11) is 1.98. The van der Waals surface area contributed by atoms with Crippen molar-refractivity contribution in [1.29, 1.82) is 0 Å². The summed E-state index contributed by atoms with van der Waals surface area (Å²) in [4.78, 5) is 31.3. The number of carbonyl (C=O) groups excluding carboxylic acids is 1. The fourth-order valence-electron chi connectivity index (χ4n) is 3.83. The third kappa shape index (κ3) is 5.83. The van der Waals surface area contributed by atoms with Crippen molar-refractivity contribution in [2.24, 2.45) is 0 Å². The molecule has 0 aliphatic carbocycles. The smallest absolute Gasteiger partial charge is 0.354 e. The van der Waals surface area contributed by atoms with E-state index in [1.54, 1.807) is 19.9 Å². The number of hydrogen-bond donors (Lipinski definition) is 1. The summed E-state index contributed by atoms with van der Waals surface area (Å²) in [6.07, 6.45) is -4.27. The predicted octanol–water partition coefficient (Wildman–Crippen LogP) is 4.23. The third-order valence-electron chi connectivity index (χ3n) is 5.85. The second-order valence-corrected chi connectivity index (χ2v) is 8.60. The van der Waals surface area contributed by atoms with Crippen molar-refractivity contribution in [3.8, 4) is 0 Å². The van der Waals surface area contributed by atoms with Gasteiger partial charge in [0.15, 0.2) is 0 Å². The van der Waals surface area contributed by atoms with E-state index in [4.69, 9.17) is 0 Å². The van der Waals surface area contributed by atoms with Gasteiger partial charge in [0.1, 0.15) is 6.04 Å². The summed E-state index contributed by atoms with van der Waals surface area (Å²) >= 11 is 0. The van der Waals surface area contributed by atoms with Gasteiger partial charge in [0.25, 0.3) is 5.56 Å². The molecule has 34 heavy (non-hydrogen) atoms. The van der Waals surface area contributed by atoms with E-state index in [0.29, 0.717) is 13.0 Å². The van der Waals surface area contributed by atoms with Crippen molar-refractivity contribution >= 4 is 16.9 Å². The first kappa shape index (κ1) is 25.4. The Balaban J connectivity index is 1.74. The number of aryl methyl sites for hydroxylation is 2. The Labute approximate surface area is 196 Å². The van der Waals surface area contributed by atoms with Crippen LogP contribution in [0.2, 0.25) is 0 Å². The molecule has 0 aliphatic heterocycles. The van der Waals surface area contributed by atoms with E-state index in [0.717, 1.165) is 28.8 Å². The predicted molar refractivity (Wildman–Crippen MR) is 126 cm³/mol. The lowest BCUT2D eigenvalue weighted by molar-refractivity contribution is -0.142. The number of hydrogen-bond acceptors (Lipinski definition) is 4. The van der Waals surface area contributed by atoms with Gasteiger partial charge in [-0.2, -0.15) is 13.2 Å². The molecule has 1 heterocycles. The zero-order valence-corrected chi connectivity index (χ0v) is 19.7. The molecule has 1 amide bonds. The van der Waals surface area contributed by atoms with Crippen LogP contribution in [-0.4, -0.2) is 40.5 Å². The van der Waals surface area contributed by atoms with E-state index >= 15 is 0 Å². The van der Waals surface area contributed by atoms with Crippen molar-refractivity contribution in [2.75, 3.05) is 20.1 Å². The summed E-state index contributed by atoms with van der Waals surface area (Å²) in [6, 6.07) is 11.9. The van der Waals surface area contributed by atoms with Crippen LogP contribution in [0.4, 0.5) is 13.2 Å². The van der Waals surface area contributed by atoms with Crippen molar-refractivity contribution in [3.05, 3.63) is 75.2 Å². The molecule has 0 fully saturated rings. The van der Waals surface area contributed by atoms with Crippen molar-refractivity contribution in [1.82, 2.24) is 19.8 Å². The van der Waals surface area contributed by atoms with Gasteiger partial charge in [0.05, 0.1) is 11.0 Å². The van der Waals surface area contributed by atoms with Gasteiger partial charge in [-0.05, 0) is 69.6 Å². The molecular formula is C25H29F3N4O2. The Morgan fingerprint density at radius 2 is 1.79 bits per heavy atom. The highest BCUT2D eigenvalue weighted by Gasteiger charge is 2.38. The van der Waals surface area contributed by atoms with Crippen LogP contribution in [-0.2, 0) is 17.5 Å². The fourth-order valence-corrected chi connectivity index (χ4v) is 3.83. The van der Waals surface area contributed by atoms with E-state index in [9.17, 15) is 22.8 Å². The molecule has 1 N–H and O–H groups in total. The highest BCUT2D eigenvalue weighted by atomic mass is 19.4. The van der Waals surface area contributed by atoms with Crippen LogP contribution in [0.25, 0.3) is 11.0 Å². The Bertz CT molecular complexity index is 1220. The molecule has 0 unspecified atom stereocenters. The monoisotopic (exact) mass is 474 g/mol. The largest absolute Gasteiger partial charge is 0.438 e. The average Bonchev–Trinajstić information content (AvgIpc) is 2.77. The molecule has 0 saturated carbocycles. The molecule has 0 radical (unpaired) electrons. The normalized spacial score (nSPS) is 12.8. The van der Waals surface area contributed by atoms with Gasteiger partial charge < -0.3 is 10.2 Å². The Kier molecular flexibility index (Phi) is 7.76. The molecule has 2 aromatic carbocycles. The lowest BCUT2D eigenvalue weighted by atomic mass is 10.1. The topological polar surface area (TPSA) is 67.2 Å². The lowest BCUT2D eigenvalue weighted by Crippen LogP contribution is -2.39. The summed E-state index contributed by atoms with van der Waals surface area (Å²) in [5.41, 5.74) is 0.0893. The number of benzene rings is 2. The summed E-state index contributed by atoms with van der Waals surface area (Å²) < 4.78 is 41.4. The molecule has 1 aromatic heterocycles. The minimum absolute atomic E-state index is 0.0252. The minimum atomic E-state index is -4.93. The third-order valence-corrected chi connectivity index (χ3v) is 5.85. The molecule has 3 aromatic rings. The van der Waals surface area contributed by atoms with Gasteiger partial charge >= 0.3 is 6.18 Å². The van der Waals surface area contributed by atoms with Crippen molar-refractivity contribution in [3.63, 3.8) is 0 Å². The summed E-state index contributed by atoms with van der Waals surface area (Å²) in [5.74, 6) is -0.522. The second-order valence-electron chi connectivity index (χ2n) is 8.60. The number of rotatable bonds is 8. The number of carbonyl (C=O) groups is 1. The van der Waals surface area contributed by atoms with Crippen LogP contribution in [0, 0.1) is 13.8 Å². The van der Waals surface area contributed by atoms with Gasteiger partial charge in [0.2, 0.25) is 11.6 Å². The van der Waals surface area contributed by atoms with E-state index in [-0.39, 0.29) is 11.0 Å². The van der Waals surface area contributed by atoms with E-state index in [1.165, 1.54) is 18.6 Å². The van der Waals surface area contributed by atoms with Crippen molar-refractivity contribution in [2.45, 2.75) is 46.0 Å². The van der Waals surface area contributed by atoms with Crippen LogP contribution in [0.1, 0.15) is 41.8 Å². The highest BCUT2D eigenvalue weighted by Crippen LogP contribution is 2.28. The standard InChI is InChI=1S/C25H29F3N4O2/c1-16-13-20-21(14-17(16)2)32(24(34)22(30-20)25(26,27)28)18(3)23(33)29-11-8-12-31(4)15-19-9-6-5-7-10-19/h5-7,9-10,13-14,18H,8,11-12,15H2,1-4H3,(H,29,33)/t18-/m0/s1. The first-order valence-electron chi connectivity index (χ1n) is 11.1. The summed E-state index contributed by atoms with van der Waals surface area (Å²) in [5, 5.41) is 2.75. The zero-order chi connectivity index (χ0) is 25.0. The minimum Gasteiger partial charge on any atom is -0.354 e. The quantitative estimate of drug-likeness (QED) is 0.496. The Hall–Kier alpha value is -3.20. The van der Waals surface area contributed by atoms with Crippen LogP contribution in [0.5, 0.6) is 0 Å². The van der Waals surface area contributed by atoms with Gasteiger partial charge in [-0.3, -0.25) is 14.2 Å². The zero-order valence-electron chi connectivity index (χ0n) is 19.7. The number of alkyl halides is 3. The molecular weight excluding hydrogens is 445 g/mol. The molecule has 9 heteroatoms. The molecule has 6 nitrogen and oxygen atoms in total. The molecule has 0 saturated heterocycles. The number of nitrogens with zero attached hydrogens (tertiary/aromatic N) is 3. The number of aromatic nitrogens is 2.